The zero-order valence-corrected chi connectivity index (χ0v) is 10.8. The van der Waals surface area contributed by atoms with E-state index in [9.17, 15) is 9.59 Å². The van der Waals surface area contributed by atoms with Gasteiger partial charge in [0.2, 0.25) is 0 Å². The fourth-order valence-corrected chi connectivity index (χ4v) is 2.33. The van der Waals surface area contributed by atoms with Crippen LogP contribution in [0.25, 0.3) is 0 Å². The third kappa shape index (κ3) is 3.05. The predicted octanol–water partition coefficient (Wildman–Crippen LogP) is 2.26. The summed E-state index contributed by atoms with van der Waals surface area (Å²) in [6.45, 7) is 2.00. The van der Waals surface area contributed by atoms with Gasteiger partial charge < -0.3 is 9.84 Å². The first-order valence-corrected chi connectivity index (χ1v) is 6.31. The first kappa shape index (κ1) is 13.4. The van der Waals surface area contributed by atoms with E-state index in [1.807, 2.05) is 37.3 Å². The third-order valence-corrected chi connectivity index (χ3v) is 3.37. The van der Waals surface area contributed by atoms with Crippen LogP contribution in [0.5, 0.6) is 0 Å². The Hall–Kier alpha value is -2.04. The molecule has 2 atom stereocenters. The molecule has 0 aromatic heterocycles. The Balaban J connectivity index is 1.97. The Morgan fingerprint density at radius 2 is 2.00 bits per heavy atom. The molecule has 1 heterocycles. The number of carbonyl (C=O) groups is 2. The number of likely N-dealkylation sites (tertiary alicyclic amines) is 1. The summed E-state index contributed by atoms with van der Waals surface area (Å²) < 4.78 is 5.19. The van der Waals surface area contributed by atoms with Crippen molar-refractivity contribution >= 4 is 12.1 Å². The number of aliphatic carboxylic acids is 1. The van der Waals surface area contributed by atoms with Crippen molar-refractivity contribution in [1.82, 2.24) is 4.90 Å². The van der Waals surface area contributed by atoms with E-state index in [2.05, 4.69) is 0 Å². The number of nitrogens with zero attached hydrogens (tertiary/aromatic N) is 1. The van der Waals surface area contributed by atoms with Gasteiger partial charge in [-0.25, -0.2) is 9.59 Å². The summed E-state index contributed by atoms with van der Waals surface area (Å²) >= 11 is 0. The zero-order chi connectivity index (χ0) is 13.8. The number of carboxylic acid groups (broad SMARTS) is 1. The first-order chi connectivity index (χ1) is 9.09. The molecule has 1 unspecified atom stereocenters. The van der Waals surface area contributed by atoms with Crippen molar-refractivity contribution < 1.29 is 19.4 Å². The molecule has 1 aliphatic heterocycles. The largest absolute Gasteiger partial charge is 0.480 e. The number of amides is 1. The Morgan fingerprint density at radius 3 is 2.63 bits per heavy atom. The maximum absolute atomic E-state index is 12.0. The minimum atomic E-state index is -0.971. The van der Waals surface area contributed by atoms with Gasteiger partial charge in [0, 0.05) is 6.04 Å². The molecule has 2 rings (SSSR count). The number of hydrogen-bond donors (Lipinski definition) is 1. The number of rotatable bonds is 3. The number of carboxylic acids is 1. The molecule has 1 fully saturated rings. The maximum atomic E-state index is 12.0. The summed E-state index contributed by atoms with van der Waals surface area (Å²) in [6, 6.07) is 8.46. The summed E-state index contributed by atoms with van der Waals surface area (Å²) in [4.78, 5) is 24.4. The summed E-state index contributed by atoms with van der Waals surface area (Å²) in [5, 5.41) is 9.09. The van der Waals surface area contributed by atoms with Crippen LogP contribution in [0.1, 0.15) is 25.3 Å². The number of carbonyl (C=O) groups excluding carboxylic acids is 1. The van der Waals surface area contributed by atoms with Crippen molar-refractivity contribution in [2.24, 2.45) is 0 Å². The number of benzene rings is 1. The van der Waals surface area contributed by atoms with Crippen LogP contribution in [0, 0.1) is 0 Å². The normalized spacial score (nSPS) is 22.3. The van der Waals surface area contributed by atoms with Crippen molar-refractivity contribution in [2.45, 2.75) is 38.5 Å². The lowest BCUT2D eigenvalue weighted by Crippen LogP contribution is -2.44. The highest BCUT2D eigenvalue weighted by Gasteiger charge is 2.39. The molecular weight excluding hydrogens is 246 g/mol. The minimum Gasteiger partial charge on any atom is -0.480 e. The lowest BCUT2D eigenvalue weighted by Gasteiger charge is -2.25. The molecule has 1 aromatic rings. The Bertz CT molecular complexity index is 460. The first-order valence-electron chi connectivity index (χ1n) is 6.31. The molecule has 0 bridgehead atoms. The smallest absolute Gasteiger partial charge is 0.411 e. The van der Waals surface area contributed by atoms with Crippen molar-refractivity contribution in [3.63, 3.8) is 0 Å². The van der Waals surface area contributed by atoms with Gasteiger partial charge in [0.25, 0.3) is 0 Å². The van der Waals surface area contributed by atoms with Crippen LogP contribution in [-0.2, 0) is 16.1 Å². The summed E-state index contributed by atoms with van der Waals surface area (Å²) in [7, 11) is 0. The van der Waals surface area contributed by atoms with E-state index in [-0.39, 0.29) is 12.6 Å². The molecule has 1 aromatic carbocycles. The van der Waals surface area contributed by atoms with Crippen LogP contribution >= 0.6 is 0 Å². The van der Waals surface area contributed by atoms with Crippen LogP contribution in [0.15, 0.2) is 30.3 Å². The molecule has 1 N–H and O–H groups in total. The van der Waals surface area contributed by atoms with Gasteiger partial charge in [0.15, 0.2) is 0 Å². The lowest BCUT2D eigenvalue weighted by molar-refractivity contribution is -0.142. The van der Waals surface area contributed by atoms with E-state index in [1.54, 1.807) is 0 Å². The van der Waals surface area contributed by atoms with Crippen LogP contribution in [0.3, 0.4) is 0 Å². The maximum Gasteiger partial charge on any atom is 0.411 e. The van der Waals surface area contributed by atoms with Gasteiger partial charge in [0.1, 0.15) is 12.6 Å². The number of hydrogen-bond acceptors (Lipinski definition) is 3. The van der Waals surface area contributed by atoms with E-state index in [0.29, 0.717) is 12.8 Å². The summed E-state index contributed by atoms with van der Waals surface area (Å²) in [5.41, 5.74) is 0.884. The van der Waals surface area contributed by atoms with Gasteiger partial charge in [-0.3, -0.25) is 4.90 Å². The van der Waals surface area contributed by atoms with Crippen molar-refractivity contribution in [2.75, 3.05) is 0 Å². The highest BCUT2D eigenvalue weighted by molar-refractivity contribution is 5.81. The molecule has 0 spiro atoms. The van der Waals surface area contributed by atoms with Gasteiger partial charge in [-0.2, -0.15) is 0 Å². The van der Waals surface area contributed by atoms with Gasteiger partial charge in [0.05, 0.1) is 0 Å². The van der Waals surface area contributed by atoms with Crippen LogP contribution in [-0.4, -0.2) is 34.2 Å². The van der Waals surface area contributed by atoms with Gasteiger partial charge in [-0.05, 0) is 25.3 Å². The quantitative estimate of drug-likeness (QED) is 0.908. The van der Waals surface area contributed by atoms with Crippen molar-refractivity contribution in [3.05, 3.63) is 35.9 Å². The third-order valence-electron chi connectivity index (χ3n) is 3.37. The van der Waals surface area contributed by atoms with E-state index < -0.39 is 18.1 Å². The molecule has 5 heteroatoms. The van der Waals surface area contributed by atoms with Crippen LogP contribution in [0.4, 0.5) is 4.79 Å². The Morgan fingerprint density at radius 1 is 1.32 bits per heavy atom. The molecule has 0 aliphatic carbocycles. The van der Waals surface area contributed by atoms with E-state index in [1.165, 1.54) is 4.90 Å². The second-order valence-corrected chi connectivity index (χ2v) is 4.73. The van der Waals surface area contributed by atoms with Gasteiger partial charge in [-0.15, -0.1) is 0 Å². The molecule has 102 valence electrons. The molecule has 0 saturated carbocycles. The predicted molar refractivity (Wildman–Crippen MR) is 68.6 cm³/mol. The molecule has 0 radical (unpaired) electrons. The monoisotopic (exact) mass is 263 g/mol. The summed E-state index contributed by atoms with van der Waals surface area (Å²) in [5.74, 6) is -0.971. The second kappa shape index (κ2) is 5.73. The topological polar surface area (TPSA) is 66.8 Å². The van der Waals surface area contributed by atoms with Gasteiger partial charge >= 0.3 is 12.1 Å². The Kier molecular flexibility index (Phi) is 4.04. The molecular formula is C14H17NO4. The van der Waals surface area contributed by atoms with E-state index in [4.69, 9.17) is 9.84 Å². The molecule has 1 saturated heterocycles. The molecule has 1 amide bonds. The van der Waals surface area contributed by atoms with E-state index >= 15 is 0 Å². The average Bonchev–Trinajstić information content (AvgIpc) is 2.79. The van der Waals surface area contributed by atoms with E-state index in [0.717, 1.165) is 5.56 Å². The zero-order valence-electron chi connectivity index (χ0n) is 10.8. The van der Waals surface area contributed by atoms with Gasteiger partial charge in [-0.1, -0.05) is 30.3 Å². The fraction of sp³-hybridized carbons (Fsp3) is 0.429. The number of ether oxygens (including phenoxy) is 1. The minimum absolute atomic E-state index is 0.0932. The fourth-order valence-electron chi connectivity index (χ4n) is 2.33. The molecule has 1 aliphatic rings. The Labute approximate surface area is 111 Å². The highest BCUT2D eigenvalue weighted by Crippen LogP contribution is 2.25. The van der Waals surface area contributed by atoms with Crippen molar-refractivity contribution in [1.29, 1.82) is 0 Å². The lowest BCUT2D eigenvalue weighted by atomic mass is 10.2. The molecule has 19 heavy (non-hydrogen) atoms. The van der Waals surface area contributed by atoms with Crippen LogP contribution in [0.2, 0.25) is 0 Å². The SMILES string of the molecule is CC1CC[C@@H](C(=O)O)N1C(=O)OCc1ccccc1. The molecule has 5 nitrogen and oxygen atoms in total. The van der Waals surface area contributed by atoms with Crippen molar-refractivity contribution in [3.8, 4) is 0 Å². The average molecular weight is 263 g/mol. The highest BCUT2D eigenvalue weighted by atomic mass is 16.6. The summed E-state index contributed by atoms with van der Waals surface area (Å²) in [6.07, 6.45) is 0.621. The standard InChI is InChI=1S/C14H17NO4/c1-10-7-8-12(13(16)17)15(10)14(18)19-9-11-5-3-2-4-6-11/h2-6,10,12H,7-9H2,1H3,(H,16,17)/t10?,12-/m0/s1. The second-order valence-electron chi connectivity index (χ2n) is 4.73. The van der Waals surface area contributed by atoms with Crippen LogP contribution < -0.4 is 0 Å².